The lowest BCUT2D eigenvalue weighted by Crippen LogP contribution is -2.44. The molecule has 1 saturated heterocycles. The minimum atomic E-state index is -0.568. The highest BCUT2D eigenvalue weighted by molar-refractivity contribution is 7.99. The van der Waals surface area contributed by atoms with E-state index < -0.39 is 11.7 Å². The normalized spacial score (nSPS) is 16.7. The van der Waals surface area contributed by atoms with E-state index in [4.69, 9.17) is 5.84 Å². The van der Waals surface area contributed by atoms with E-state index in [1.165, 1.54) is 23.3 Å². The van der Waals surface area contributed by atoms with Gasteiger partial charge in [0.15, 0.2) is 0 Å². The second kappa shape index (κ2) is 9.70. The molecule has 1 fully saturated rings. The van der Waals surface area contributed by atoms with Gasteiger partial charge in [0.25, 0.3) is 5.91 Å². The van der Waals surface area contributed by atoms with Gasteiger partial charge in [-0.25, -0.2) is 15.0 Å². The van der Waals surface area contributed by atoms with E-state index in [9.17, 15) is 14.0 Å². The number of hydrogen-bond donors (Lipinski definition) is 3. The minimum Gasteiger partial charge on any atom is -0.334 e. The second-order valence-electron chi connectivity index (χ2n) is 8.62. The number of hydrazine groups is 1. The molecule has 2 aromatic rings. The first kappa shape index (κ1) is 23.1. The molecule has 1 unspecified atom stereocenters. The van der Waals surface area contributed by atoms with Crippen LogP contribution in [0.25, 0.3) is 0 Å². The molecule has 0 saturated carbocycles. The fourth-order valence-electron chi connectivity index (χ4n) is 3.43. The molecule has 6 nitrogen and oxygen atoms in total. The number of nitrogens with two attached hydrogens (primary N) is 1. The Bertz CT molecular complexity index is 944. The van der Waals surface area contributed by atoms with Crippen molar-refractivity contribution in [3.8, 4) is 0 Å². The van der Waals surface area contributed by atoms with E-state index in [2.05, 4.69) is 50.4 Å². The van der Waals surface area contributed by atoms with Gasteiger partial charge in [-0.3, -0.25) is 10.2 Å². The molecule has 0 aromatic heterocycles. The lowest BCUT2D eigenvalue weighted by atomic mass is 9.86. The van der Waals surface area contributed by atoms with Gasteiger partial charge in [-0.05, 0) is 28.7 Å². The van der Waals surface area contributed by atoms with Gasteiger partial charge in [0.1, 0.15) is 5.82 Å². The highest BCUT2D eigenvalue weighted by Crippen LogP contribution is 2.34. The van der Waals surface area contributed by atoms with E-state index in [0.29, 0.717) is 18.7 Å². The number of thioether (sulfide) groups is 1. The summed E-state index contributed by atoms with van der Waals surface area (Å²) in [5.41, 5.74) is 4.99. The summed E-state index contributed by atoms with van der Waals surface area (Å²) in [5, 5.41) is 2.99. The molecule has 2 aromatic carbocycles. The van der Waals surface area contributed by atoms with Crippen molar-refractivity contribution in [3.05, 3.63) is 70.5 Å². The van der Waals surface area contributed by atoms with Crippen LogP contribution in [-0.4, -0.2) is 35.7 Å². The Morgan fingerprint density at radius 3 is 2.52 bits per heavy atom. The van der Waals surface area contributed by atoms with Crippen LogP contribution in [0, 0.1) is 5.82 Å². The summed E-state index contributed by atoms with van der Waals surface area (Å²) in [4.78, 5) is 25.9. The fourth-order valence-corrected chi connectivity index (χ4v) is 4.68. The molecule has 0 spiro atoms. The average Bonchev–Trinajstić information content (AvgIpc) is 2.77. The third-order valence-corrected chi connectivity index (χ3v) is 6.62. The van der Waals surface area contributed by atoms with Crippen molar-refractivity contribution in [1.29, 1.82) is 0 Å². The Balaban J connectivity index is 1.59. The van der Waals surface area contributed by atoms with Crippen LogP contribution in [0.4, 0.5) is 9.18 Å². The van der Waals surface area contributed by atoms with Gasteiger partial charge in [-0.15, -0.1) is 0 Å². The van der Waals surface area contributed by atoms with E-state index >= 15 is 0 Å². The quantitative estimate of drug-likeness (QED) is 0.381. The number of nitrogens with one attached hydrogen (secondary N) is 2. The number of nitrogen functional groups attached to an aromatic ring is 1. The predicted octanol–water partition coefficient (Wildman–Crippen LogP) is 3.73. The van der Waals surface area contributed by atoms with E-state index in [1.54, 1.807) is 4.90 Å². The van der Waals surface area contributed by atoms with Gasteiger partial charge in [0, 0.05) is 41.8 Å². The number of carbonyl (C=O) groups is 2. The fraction of sp³-hybridized carbons (Fsp3) is 0.391. The summed E-state index contributed by atoms with van der Waals surface area (Å²) in [6, 6.07) is 12.5. The first-order valence-electron chi connectivity index (χ1n) is 10.2. The van der Waals surface area contributed by atoms with Crippen LogP contribution in [0.3, 0.4) is 0 Å². The monoisotopic (exact) mass is 444 g/mol. The number of rotatable bonds is 4. The maximum atomic E-state index is 14.3. The topological polar surface area (TPSA) is 87.5 Å². The summed E-state index contributed by atoms with van der Waals surface area (Å²) < 4.78 is 14.3. The SMILES string of the molecule is CC(C)(C)c1ccc(C2CN(C(=O)NCc3ccc(C(=O)NN)cc3F)CCS2)cc1. The van der Waals surface area contributed by atoms with Gasteiger partial charge >= 0.3 is 6.03 Å². The number of hydrogen-bond acceptors (Lipinski definition) is 4. The summed E-state index contributed by atoms with van der Waals surface area (Å²) in [6.07, 6.45) is 0. The van der Waals surface area contributed by atoms with Gasteiger partial charge in [0.2, 0.25) is 0 Å². The highest BCUT2D eigenvalue weighted by atomic mass is 32.2. The number of benzene rings is 2. The van der Waals surface area contributed by atoms with E-state index in [0.717, 1.165) is 11.8 Å². The van der Waals surface area contributed by atoms with Crippen molar-refractivity contribution < 1.29 is 14.0 Å². The lowest BCUT2D eigenvalue weighted by Gasteiger charge is -2.33. The van der Waals surface area contributed by atoms with Gasteiger partial charge in [0.05, 0.1) is 0 Å². The lowest BCUT2D eigenvalue weighted by molar-refractivity contribution is 0.0953. The molecule has 8 heteroatoms. The third-order valence-electron chi connectivity index (χ3n) is 5.38. The Kier molecular flexibility index (Phi) is 7.23. The average molecular weight is 445 g/mol. The Hall–Kier alpha value is -2.58. The molecule has 1 atom stereocenters. The number of nitrogens with zero attached hydrogens (tertiary/aromatic N) is 1. The molecule has 1 heterocycles. The zero-order valence-electron chi connectivity index (χ0n) is 18.1. The largest absolute Gasteiger partial charge is 0.334 e. The van der Waals surface area contributed by atoms with Crippen molar-refractivity contribution in [3.63, 3.8) is 0 Å². The maximum Gasteiger partial charge on any atom is 0.317 e. The van der Waals surface area contributed by atoms with Crippen LogP contribution < -0.4 is 16.6 Å². The molecule has 3 rings (SSSR count). The Morgan fingerprint density at radius 2 is 1.90 bits per heavy atom. The molecule has 1 aliphatic heterocycles. The number of halogens is 1. The molecule has 166 valence electrons. The van der Waals surface area contributed by atoms with Crippen molar-refractivity contribution in [2.45, 2.75) is 38.0 Å². The van der Waals surface area contributed by atoms with E-state index in [-0.39, 0.29) is 28.8 Å². The maximum absolute atomic E-state index is 14.3. The van der Waals surface area contributed by atoms with Crippen molar-refractivity contribution >= 4 is 23.7 Å². The summed E-state index contributed by atoms with van der Waals surface area (Å²) in [7, 11) is 0. The standard InChI is InChI=1S/C23H29FN4O2S/c1-23(2,3)18-8-6-15(7-9-18)20-14-28(10-11-31-20)22(30)26-13-17-5-4-16(12-19(17)24)21(29)27-25/h4-9,12,20H,10-11,13-14,25H2,1-3H3,(H,26,30)(H,27,29). The Morgan fingerprint density at radius 1 is 1.19 bits per heavy atom. The van der Waals surface area contributed by atoms with Crippen LogP contribution in [0.15, 0.2) is 42.5 Å². The highest BCUT2D eigenvalue weighted by Gasteiger charge is 2.26. The summed E-state index contributed by atoms with van der Waals surface area (Å²) in [6.45, 7) is 7.85. The summed E-state index contributed by atoms with van der Waals surface area (Å²) in [5.74, 6) is 4.78. The first-order valence-corrected chi connectivity index (χ1v) is 11.3. The molecule has 0 bridgehead atoms. The molecule has 31 heavy (non-hydrogen) atoms. The minimum absolute atomic E-state index is 0.0454. The van der Waals surface area contributed by atoms with Crippen LogP contribution >= 0.6 is 11.8 Å². The van der Waals surface area contributed by atoms with Crippen LogP contribution in [-0.2, 0) is 12.0 Å². The van der Waals surface area contributed by atoms with Crippen molar-refractivity contribution in [2.75, 3.05) is 18.8 Å². The molecule has 1 aliphatic rings. The predicted molar refractivity (Wildman–Crippen MR) is 122 cm³/mol. The van der Waals surface area contributed by atoms with E-state index in [1.807, 2.05) is 17.2 Å². The molecular weight excluding hydrogens is 415 g/mol. The molecular formula is C23H29FN4O2S. The van der Waals surface area contributed by atoms with Crippen LogP contribution in [0.2, 0.25) is 0 Å². The van der Waals surface area contributed by atoms with Crippen molar-refractivity contribution in [2.24, 2.45) is 5.84 Å². The third kappa shape index (κ3) is 5.77. The first-order chi connectivity index (χ1) is 14.7. The molecule has 3 amide bonds. The second-order valence-corrected chi connectivity index (χ2v) is 9.93. The number of amides is 3. The van der Waals surface area contributed by atoms with Gasteiger partial charge < -0.3 is 10.2 Å². The smallest absolute Gasteiger partial charge is 0.317 e. The molecule has 4 N–H and O–H groups in total. The van der Waals surface area contributed by atoms with Crippen LogP contribution in [0.5, 0.6) is 0 Å². The molecule has 0 radical (unpaired) electrons. The summed E-state index contributed by atoms with van der Waals surface area (Å²) >= 11 is 1.84. The Labute approximate surface area is 186 Å². The van der Waals surface area contributed by atoms with Gasteiger partial charge in [-0.1, -0.05) is 51.1 Å². The zero-order chi connectivity index (χ0) is 22.6. The van der Waals surface area contributed by atoms with Crippen molar-refractivity contribution in [1.82, 2.24) is 15.6 Å². The van der Waals surface area contributed by atoms with Gasteiger partial charge in [-0.2, -0.15) is 11.8 Å². The number of carbonyl (C=O) groups excluding carboxylic acids is 2. The number of urea groups is 1. The zero-order valence-corrected chi connectivity index (χ0v) is 18.9. The molecule has 0 aliphatic carbocycles. The van der Waals surface area contributed by atoms with Crippen LogP contribution in [0.1, 0.15) is 53.1 Å².